The maximum atomic E-state index is 8.00. The van der Waals surface area contributed by atoms with E-state index >= 15 is 0 Å². The summed E-state index contributed by atoms with van der Waals surface area (Å²) in [5.41, 5.74) is 1.21. The van der Waals surface area contributed by atoms with Gasteiger partial charge in [-0.2, -0.15) is 0 Å². The fraction of sp³-hybridized carbons (Fsp3) is 0.571. The summed E-state index contributed by atoms with van der Waals surface area (Å²) in [7, 11) is 4.07. The fourth-order valence-corrected chi connectivity index (χ4v) is 0.540. The van der Waals surface area contributed by atoms with Gasteiger partial charge in [-0.1, -0.05) is 12.2 Å². The summed E-state index contributed by atoms with van der Waals surface area (Å²) in [6, 6.07) is 0. The largest absolute Gasteiger partial charge is 0.307 e. The van der Waals surface area contributed by atoms with Crippen LogP contribution in [0.25, 0.3) is 0 Å². The maximum absolute atomic E-state index is 8.00. The molecule has 0 spiro atoms. The van der Waals surface area contributed by atoms with Gasteiger partial charge in [-0.3, -0.25) is 0 Å². The van der Waals surface area contributed by atoms with Gasteiger partial charge >= 0.3 is 0 Å². The Morgan fingerprint density at radius 1 is 1.44 bits per heavy atom. The van der Waals surface area contributed by atoms with Crippen molar-refractivity contribution >= 4 is 6.79 Å². The Balaban J connectivity index is 0. The average molecular weight is 129 g/mol. The van der Waals surface area contributed by atoms with Crippen LogP contribution in [0.3, 0.4) is 0 Å². The number of rotatable bonds is 2. The third kappa shape index (κ3) is 18.7. The van der Waals surface area contributed by atoms with Crippen LogP contribution in [0.1, 0.15) is 6.92 Å². The van der Waals surface area contributed by atoms with E-state index in [0.29, 0.717) is 0 Å². The van der Waals surface area contributed by atoms with E-state index in [2.05, 4.69) is 11.5 Å². The number of carbonyl (C=O) groups is 1. The zero-order valence-corrected chi connectivity index (χ0v) is 6.48. The van der Waals surface area contributed by atoms with Crippen LogP contribution >= 0.6 is 0 Å². The minimum absolute atomic E-state index is 1.00. The maximum Gasteiger partial charge on any atom is 0.106 e. The summed E-state index contributed by atoms with van der Waals surface area (Å²) in [4.78, 5) is 10.1. The quantitative estimate of drug-likeness (QED) is 0.517. The number of likely N-dealkylation sites (N-methyl/N-ethyl adjacent to an activating group) is 1. The fourth-order valence-electron chi connectivity index (χ4n) is 0.540. The van der Waals surface area contributed by atoms with Gasteiger partial charge in [-0.05, 0) is 21.0 Å². The van der Waals surface area contributed by atoms with Gasteiger partial charge in [0.05, 0.1) is 0 Å². The number of hydrogen-bond acceptors (Lipinski definition) is 2. The first kappa shape index (κ1) is 11.2. The van der Waals surface area contributed by atoms with Crippen LogP contribution in [-0.2, 0) is 4.79 Å². The molecule has 0 rings (SSSR count). The van der Waals surface area contributed by atoms with Gasteiger partial charge < -0.3 is 9.69 Å². The van der Waals surface area contributed by atoms with E-state index in [0.717, 1.165) is 6.54 Å². The molecule has 0 aromatic carbocycles. The number of nitrogens with zero attached hydrogens (tertiary/aromatic N) is 1. The van der Waals surface area contributed by atoms with E-state index in [9.17, 15) is 0 Å². The van der Waals surface area contributed by atoms with E-state index in [1.54, 1.807) is 0 Å². The van der Waals surface area contributed by atoms with Crippen LogP contribution in [0.4, 0.5) is 0 Å². The second-order valence-corrected chi connectivity index (χ2v) is 2.19. The molecular formula is C7H15NO. The van der Waals surface area contributed by atoms with Gasteiger partial charge in [0.1, 0.15) is 6.79 Å². The first-order chi connectivity index (χ1) is 4.13. The smallest absolute Gasteiger partial charge is 0.106 e. The van der Waals surface area contributed by atoms with Crippen molar-refractivity contribution in [2.45, 2.75) is 6.92 Å². The molecule has 0 radical (unpaired) electrons. The van der Waals surface area contributed by atoms with Crippen LogP contribution < -0.4 is 0 Å². The molecule has 2 nitrogen and oxygen atoms in total. The highest BCUT2D eigenvalue weighted by atomic mass is 16.1. The van der Waals surface area contributed by atoms with Crippen LogP contribution in [0.15, 0.2) is 12.2 Å². The topological polar surface area (TPSA) is 20.3 Å². The monoisotopic (exact) mass is 129 g/mol. The third-order valence-corrected chi connectivity index (χ3v) is 0.586. The summed E-state index contributed by atoms with van der Waals surface area (Å²) in [5, 5.41) is 0. The first-order valence-corrected chi connectivity index (χ1v) is 2.71. The predicted molar refractivity (Wildman–Crippen MR) is 40.5 cm³/mol. The Kier molecular flexibility index (Phi) is 9.18. The van der Waals surface area contributed by atoms with Gasteiger partial charge in [0.25, 0.3) is 0 Å². The van der Waals surface area contributed by atoms with Crippen molar-refractivity contribution in [3.63, 3.8) is 0 Å². The molecule has 9 heavy (non-hydrogen) atoms. The van der Waals surface area contributed by atoms with Crippen molar-refractivity contribution < 1.29 is 4.79 Å². The van der Waals surface area contributed by atoms with E-state index < -0.39 is 0 Å². The number of carbonyl (C=O) groups excluding carboxylic acids is 1. The third-order valence-electron chi connectivity index (χ3n) is 0.586. The lowest BCUT2D eigenvalue weighted by molar-refractivity contribution is -0.0979. The SMILES string of the molecule is C=C(C)CN(C)C.C=O. The highest BCUT2D eigenvalue weighted by Gasteiger charge is 1.85. The van der Waals surface area contributed by atoms with Crippen molar-refractivity contribution in [3.05, 3.63) is 12.2 Å². The van der Waals surface area contributed by atoms with Gasteiger partial charge in [0.2, 0.25) is 0 Å². The zero-order chi connectivity index (χ0) is 7.86. The van der Waals surface area contributed by atoms with Crippen molar-refractivity contribution in [2.24, 2.45) is 0 Å². The summed E-state index contributed by atoms with van der Waals surface area (Å²) in [6.07, 6.45) is 0. The molecule has 0 aliphatic carbocycles. The molecule has 54 valence electrons. The molecular weight excluding hydrogens is 114 g/mol. The van der Waals surface area contributed by atoms with Crippen molar-refractivity contribution in [1.29, 1.82) is 0 Å². The van der Waals surface area contributed by atoms with E-state index in [4.69, 9.17) is 4.79 Å². The minimum atomic E-state index is 1.00. The van der Waals surface area contributed by atoms with Crippen LogP contribution in [0.5, 0.6) is 0 Å². The molecule has 0 aromatic rings. The number of hydrogen-bond donors (Lipinski definition) is 0. The molecule has 0 amide bonds. The summed E-state index contributed by atoms with van der Waals surface area (Å²) in [6.45, 7) is 8.78. The van der Waals surface area contributed by atoms with Crippen LogP contribution in [0, 0.1) is 0 Å². The molecule has 0 bridgehead atoms. The Bertz CT molecular complexity index is 79.0. The van der Waals surface area contributed by atoms with E-state index in [-0.39, 0.29) is 0 Å². The highest BCUT2D eigenvalue weighted by molar-refractivity contribution is 5.10. The lowest BCUT2D eigenvalue weighted by Crippen LogP contribution is -2.12. The molecule has 2 heteroatoms. The summed E-state index contributed by atoms with van der Waals surface area (Å²) < 4.78 is 0. The second-order valence-electron chi connectivity index (χ2n) is 2.19. The summed E-state index contributed by atoms with van der Waals surface area (Å²) in [5.74, 6) is 0. The Labute approximate surface area is 57.2 Å². The van der Waals surface area contributed by atoms with Gasteiger partial charge in [-0.25, -0.2) is 0 Å². The molecule has 0 aliphatic heterocycles. The first-order valence-electron chi connectivity index (χ1n) is 2.71. The molecule has 0 unspecified atom stereocenters. The Morgan fingerprint density at radius 2 is 1.78 bits per heavy atom. The Morgan fingerprint density at radius 3 is 1.78 bits per heavy atom. The van der Waals surface area contributed by atoms with Crippen molar-refractivity contribution in [1.82, 2.24) is 4.90 Å². The molecule has 0 heterocycles. The minimum Gasteiger partial charge on any atom is -0.307 e. The lowest BCUT2D eigenvalue weighted by atomic mass is 10.3. The molecule has 0 aliphatic rings. The molecule has 0 fully saturated rings. The van der Waals surface area contributed by atoms with Gasteiger partial charge in [0, 0.05) is 6.54 Å². The lowest BCUT2D eigenvalue weighted by Gasteiger charge is -2.06. The van der Waals surface area contributed by atoms with E-state index in [1.807, 2.05) is 27.8 Å². The highest BCUT2D eigenvalue weighted by Crippen LogP contribution is 1.86. The van der Waals surface area contributed by atoms with Crippen LogP contribution in [0.2, 0.25) is 0 Å². The van der Waals surface area contributed by atoms with E-state index in [1.165, 1.54) is 5.57 Å². The molecule has 0 N–H and O–H groups in total. The Hall–Kier alpha value is -0.630. The molecule has 0 saturated heterocycles. The van der Waals surface area contributed by atoms with Crippen LogP contribution in [-0.4, -0.2) is 32.3 Å². The van der Waals surface area contributed by atoms with Gasteiger partial charge in [-0.15, -0.1) is 0 Å². The average Bonchev–Trinajstić information content (AvgIpc) is 1.68. The standard InChI is InChI=1S/C6H13N.CH2O/c1-6(2)5-7(3)4;1-2/h1,5H2,2-4H3;1H2. The normalized spacial score (nSPS) is 8.00. The van der Waals surface area contributed by atoms with Gasteiger partial charge in [0.15, 0.2) is 0 Å². The van der Waals surface area contributed by atoms with Crippen molar-refractivity contribution in [3.8, 4) is 0 Å². The molecule has 0 atom stereocenters. The predicted octanol–water partition coefficient (Wildman–Crippen LogP) is 0.939. The zero-order valence-electron chi connectivity index (χ0n) is 6.48. The summed E-state index contributed by atoms with van der Waals surface area (Å²) >= 11 is 0. The van der Waals surface area contributed by atoms with Crippen molar-refractivity contribution in [2.75, 3.05) is 20.6 Å². The molecule has 0 aromatic heterocycles. The molecule has 0 saturated carbocycles. The second kappa shape index (κ2) is 7.37.